The Morgan fingerprint density at radius 2 is 2.50 bits per heavy atom. The van der Waals surface area contributed by atoms with Crippen molar-refractivity contribution in [2.75, 3.05) is 5.33 Å². The van der Waals surface area contributed by atoms with Crippen molar-refractivity contribution in [3.05, 3.63) is 0 Å². The van der Waals surface area contributed by atoms with E-state index < -0.39 is 0 Å². The summed E-state index contributed by atoms with van der Waals surface area (Å²) in [5.41, 5.74) is 0. The highest BCUT2D eigenvalue weighted by molar-refractivity contribution is 9.09. The second-order valence-electron chi connectivity index (χ2n) is 1.44. The van der Waals surface area contributed by atoms with Gasteiger partial charge in [-0.25, -0.2) is 9.79 Å². The average Bonchev–Trinajstić information content (AvgIpc) is 1.83. The van der Waals surface area contributed by atoms with Gasteiger partial charge in [0.1, 0.15) is 0 Å². The normalized spacial score (nSPS) is 12.2. The average molecular weight is 178 g/mol. The van der Waals surface area contributed by atoms with Gasteiger partial charge in [0, 0.05) is 5.33 Å². The fourth-order valence-electron chi connectivity index (χ4n) is 0.309. The summed E-state index contributed by atoms with van der Waals surface area (Å²) in [4.78, 5) is 13.1. The summed E-state index contributed by atoms with van der Waals surface area (Å²) < 4.78 is 0. The molecular weight excluding hydrogens is 170 g/mol. The van der Waals surface area contributed by atoms with Gasteiger partial charge in [0.25, 0.3) is 0 Å². The molecular formula is C5H8BrNO. The minimum absolute atomic E-state index is 0.118. The quantitative estimate of drug-likeness (QED) is 0.365. The first kappa shape index (κ1) is 7.86. The standard InChI is InChI=1S/C5H8BrNO/c1-2-5(3-6)7-4-8/h5H,2-3H2,1H3. The molecule has 0 amide bonds. The van der Waals surface area contributed by atoms with E-state index in [4.69, 9.17) is 0 Å². The third-order valence-electron chi connectivity index (χ3n) is 0.885. The highest BCUT2D eigenvalue weighted by Crippen LogP contribution is 1.98. The third kappa shape index (κ3) is 2.94. The van der Waals surface area contributed by atoms with Gasteiger partial charge in [-0.2, -0.15) is 0 Å². The van der Waals surface area contributed by atoms with Gasteiger partial charge in [0.15, 0.2) is 0 Å². The lowest BCUT2D eigenvalue weighted by atomic mass is 10.3. The monoisotopic (exact) mass is 177 g/mol. The Hall–Kier alpha value is -0.140. The molecule has 46 valence electrons. The van der Waals surface area contributed by atoms with Crippen molar-refractivity contribution in [2.45, 2.75) is 19.4 Å². The Morgan fingerprint density at radius 3 is 2.62 bits per heavy atom. The van der Waals surface area contributed by atoms with E-state index in [-0.39, 0.29) is 6.04 Å². The van der Waals surface area contributed by atoms with E-state index in [1.807, 2.05) is 6.92 Å². The molecule has 0 spiro atoms. The van der Waals surface area contributed by atoms with E-state index in [1.165, 1.54) is 6.08 Å². The van der Waals surface area contributed by atoms with Gasteiger partial charge in [-0.1, -0.05) is 22.9 Å². The predicted octanol–water partition coefficient (Wildman–Crippen LogP) is 1.50. The smallest absolute Gasteiger partial charge is 0.211 e. The molecule has 0 aromatic heterocycles. The van der Waals surface area contributed by atoms with E-state index in [0.29, 0.717) is 0 Å². The van der Waals surface area contributed by atoms with Crippen LogP contribution >= 0.6 is 15.9 Å². The van der Waals surface area contributed by atoms with Gasteiger partial charge < -0.3 is 0 Å². The lowest BCUT2D eigenvalue weighted by molar-refractivity contribution is 0.558. The molecule has 0 saturated heterocycles. The van der Waals surface area contributed by atoms with Crippen LogP contribution in [0.15, 0.2) is 4.99 Å². The van der Waals surface area contributed by atoms with Gasteiger partial charge in [0.05, 0.1) is 6.04 Å². The van der Waals surface area contributed by atoms with Crippen LogP contribution in [0, 0.1) is 0 Å². The van der Waals surface area contributed by atoms with Crippen LogP contribution in [0.3, 0.4) is 0 Å². The zero-order valence-corrected chi connectivity index (χ0v) is 6.31. The summed E-state index contributed by atoms with van der Waals surface area (Å²) in [5.74, 6) is 0. The molecule has 0 N–H and O–H groups in total. The first-order chi connectivity index (χ1) is 3.85. The molecule has 0 heterocycles. The number of aliphatic imine (C=N–C) groups is 1. The molecule has 0 aliphatic heterocycles. The molecule has 0 rings (SSSR count). The molecule has 0 aliphatic rings. The fourth-order valence-corrected chi connectivity index (χ4v) is 0.912. The van der Waals surface area contributed by atoms with Crippen molar-refractivity contribution in [2.24, 2.45) is 4.99 Å². The summed E-state index contributed by atoms with van der Waals surface area (Å²) in [6.45, 7) is 1.98. The number of hydrogen-bond donors (Lipinski definition) is 0. The van der Waals surface area contributed by atoms with Crippen LogP contribution in [-0.2, 0) is 4.79 Å². The summed E-state index contributed by atoms with van der Waals surface area (Å²) >= 11 is 3.20. The van der Waals surface area contributed by atoms with Crippen LogP contribution in [0.1, 0.15) is 13.3 Å². The molecule has 2 nitrogen and oxygen atoms in total. The number of nitrogens with zero attached hydrogens (tertiary/aromatic N) is 1. The van der Waals surface area contributed by atoms with E-state index in [2.05, 4.69) is 20.9 Å². The van der Waals surface area contributed by atoms with Crippen molar-refractivity contribution in [1.29, 1.82) is 0 Å². The van der Waals surface area contributed by atoms with Crippen LogP contribution in [0.25, 0.3) is 0 Å². The molecule has 0 bridgehead atoms. The molecule has 0 aromatic rings. The molecule has 3 heteroatoms. The minimum Gasteiger partial charge on any atom is -0.211 e. The number of alkyl halides is 1. The van der Waals surface area contributed by atoms with Crippen LogP contribution in [0.4, 0.5) is 0 Å². The van der Waals surface area contributed by atoms with Gasteiger partial charge in [0.2, 0.25) is 6.08 Å². The summed E-state index contributed by atoms with van der Waals surface area (Å²) in [6, 6.07) is 0.118. The Morgan fingerprint density at radius 1 is 1.88 bits per heavy atom. The Balaban J connectivity index is 3.52. The molecule has 0 aromatic carbocycles. The van der Waals surface area contributed by atoms with Crippen molar-refractivity contribution >= 4 is 22.0 Å². The molecule has 0 saturated carbocycles. The van der Waals surface area contributed by atoms with Crippen molar-refractivity contribution in [1.82, 2.24) is 0 Å². The molecule has 0 radical (unpaired) electrons. The number of carbonyl (C=O) groups excluding carboxylic acids is 1. The Bertz CT molecular complexity index is 94.6. The first-order valence-corrected chi connectivity index (χ1v) is 3.60. The van der Waals surface area contributed by atoms with Gasteiger partial charge in [-0.05, 0) is 6.42 Å². The van der Waals surface area contributed by atoms with Crippen LogP contribution in [0.5, 0.6) is 0 Å². The highest BCUT2D eigenvalue weighted by atomic mass is 79.9. The Kier molecular flexibility index (Phi) is 4.92. The molecule has 0 fully saturated rings. The fraction of sp³-hybridized carbons (Fsp3) is 0.800. The summed E-state index contributed by atoms with van der Waals surface area (Å²) in [6.07, 6.45) is 2.40. The van der Waals surface area contributed by atoms with E-state index >= 15 is 0 Å². The van der Waals surface area contributed by atoms with E-state index in [9.17, 15) is 4.79 Å². The lowest BCUT2D eigenvalue weighted by Crippen LogP contribution is -2.01. The second-order valence-corrected chi connectivity index (χ2v) is 2.08. The summed E-state index contributed by atoms with van der Waals surface area (Å²) in [5, 5.41) is 0.749. The van der Waals surface area contributed by atoms with Crippen LogP contribution < -0.4 is 0 Å². The largest absolute Gasteiger partial charge is 0.235 e. The maximum atomic E-state index is 9.62. The zero-order chi connectivity index (χ0) is 6.41. The molecule has 1 atom stereocenters. The van der Waals surface area contributed by atoms with Crippen molar-refractivity contribution in [3.63, 3.8) is 0 Å². The molecule has 1 unspecified atom stereocenters. The highest BCUT2D eigenvalue weighted by Gasteiger charge is 1.97. The first-order valence-electron chi connectivity index (χ1n) is 2.48. The molecule has 8 heavy (non-hydrogen) atoms. The van der Waals surface area contributed by atoms with Crippen molar-refractivity contribution in [3.8, 4) is 0 Å². The summed E-state index contributed by atoms with van der Waals surface area (Å²) in [7, 11) is 0. The predicted molar refractivity (Wildman–Crippen MR) is 36.0 cm³/mol. The molecule has 0 aliphatic carbocycles. The maximum Gasteiger partial charge on any atom is 0.235 e. The van der Waals surface area contributed by atoms with E-state index in [1.54, 1.807) is 0 Å². The van der Waals surface area contributed by atoms with Gasteiger partial charge in [-0.15, -0.1) is 0 Å². The third-order valence-corrected chi connectivity index (χ3v) is 1.63. The topological polar surface area (TPSA) is 29.4 Å². The number of isocyanates is 1. The Labute approximate surface area is 57.1 Å². The maximum absolute atomic E-state index is 9.62. The van der Waals surface area contributed by atoms with E-state index in [0.717, 1.165) is 11.8 Å². The van der Waals surface area contributed by atoms with Crippen LogP contribution in [0.2, 0.25) is 0 Å². The number of hydrogen-bond acceptors (Lipinski definition) is 2. The van der Waals surface area contributed by atoms with Crippen molar-refractivity contribution < 1.29 is 4.79 Å². The lowest BCUT2D eigenvalue weighted by Gasteiger charge is -1.97. The van der Waals surface area contributed by atoms with Gasteiger partial charge >= 0.3 is 0 Å². The number of halogens is 1. The minimum atomic E-state index is 0.118. The van der Waals surface area contributed by atoms with Gasteiger partial charge in [-0.3, -0.25) is 0 Å². The SMILES string of the molecule is CCC(CBr)N=C=O. The number of rotatable bonds is 3. The van der Waals surface area contributed by atoms with Crippen LogP contribution in [-0.4, -0.2) is 17.5 Å². The zero-order valence-electron chi connectivity index (χ0n) is 4.72. The second kappa shape index (κ2) is 5.01.